The quantitative estimate of drug-likeness (QED) is 0.447. The van der Waals surface area contributed by atoms with E-state index in [4.69, 9.17) is 16.3 Å². The maximum Gasteiger partial charge on any atom is 0.288 e. The third kappa shape index (κ3) is 5.18. The van der Waals surface area contributed by atoms with E-state index in [2.05, 4.69) is 15.8 Å². The number of nitrogens with one attached hydrogen (secondary N) is 2. The van der Waals surface area contributed by atoms with Crippen molar-refractivity contribution in [2.45, 2.75) is 0 Å². The Morgan fingerprint density at radius 2 is 2.12 bits per heavy atom. The van der Waals surface area contributed by atoms with E-state index >= 15 is 0 Å². The number of para-hydroxylation sites is 2. The van der Waals surface area contributed by atoms with Gasteiger partial charge in [0.15, 0.2) is 0 Å². The number of benzene rings is 2. The molecule has 0 saturated carbocycles. The van der Waals surface area contributed by atoms with E-state index in [0.29, 0.717) is 17.0 Å². The monoisotopic (exact) mass is 362 g/mol. The number of anilines is 1. The predicted octanol–water partition coefficient (Wildman–Crippen LogP) is 2.82. The van der Waals surface area contributed by atoms with Crippen LogP contribution < -0.4 is 15.5 Å². The number of nitrogens with zero attached hydrogens (tertiary/aromatic N) is 2. The number of hydrogen-bond acceptors (Lipinski definition) is 6. The highest BCUT2D eigenvalue weighted by atomic mass is 35.5. The number of hydrazone groups is 1. The van der Waals surface area contributed by atoms with Crippen LogP contribution in [0.25, 0.3) is 0 Å². The number of carbonyl (C=O) groups is 1. The molecule has 2 aromatic rings. The highest BCUT2D eigenvalue weighted by Gasteiger charge is 2.11. The maximum absolute atomic E-state index is 11.8. The first-order valence-electron chi connectivity index (χ1n) is 7.14. The standard InChI is InChI=1S/C16H15ClN4O4/c1-25-15-5-3-2-4-13(15)18-10-16(22)20-19-9-11-6-7-12(17)14(8-11)21(23)24/h2-9,18H,10H2,1H3,(H,20,22). The van der Waals surface area contributed by atoms with Gasteiger partial charge >= 0.3 is 0 Å². The second-order valence-electron chi connectivity index (χ2n) is 4.81. The van der Waals surface area contributed by atoms with E-state index < -0.39 is 4.92 Å². The highest BCUT2D eigenvalue weighted by Crippen LogP contribution is 2.24. The molecule has 25 heavy (non-hydrogen) atoms. The number of halogens is 1. The lowest BCUT2D eigenvalue weighted by molar-refractivity contribution is -0.384. The van der Waals surface area contributed by atoms with Crippen LogP contribution >= 0.6 is 11.6 Å². The maximum atomic E-state index is 11.8. The molecule has 0 unspecified atom stereocenters. The molecule has 9 heteroatoms. The molecule has 0 bridgehead atoms. The van der Waals surface area contributed by atoms with Crippen LogP contribution in [0.15, 0.2) is 47.6 Å². The van der Waals surface area contributed by atoms with Crippen molar-refractivity contribution in [2.24, 2.45) is 5.10 Å². The summed E-state index contributed by atoms with van der Waals surface area (Å²) in [6.07, 6.45) is 1.30. The zero-order valence-electron chi connectivity index (χ0n) is 13.2. The van der Waals surface area contributed by atoms with Gasteiger partial charge in [-0.05, 0) is 18.2 Å². The summed E-state index contributed by atoms with van der Waals surface area (Å²) in [4.78, 5) is 22.0. The minimum atomic E-state index is -0.588. The summed E-state index contributed by atoms with van der Waals surface area (Å²) in [6.45, 7) is -0.0154. The van der Waals surface area contributed by atoms with Gasteiger partial charge in [0.25, 0.3) is 11.6 Å². The molecule has 0 atom stereocenters. The van der Waals surface area contributed by atoms with Crippen LogP contribution in [0, 0.1) is 10.1 Å². The van der Waals surface area contributed by atoms with Crippen molar-refractivity contribution in [3.8, 4) is 5.75 Å². The summed E-state index contributed by atoms with van der Waals surface area (Å²) < 4.78 is 5.17. The molecule has 0 fully saturated rings. The van der Waals surface area contributed by atoms with Crippen molar-refractivity contribution in [3.05, 3.63) is 63.2 Å². The first-order valence-corrected chi connectivity index (χ1v) is 7.52. The van der Waals surface area contributed by atoms with Gasteiger partial charge in [-0.2, -0.15) is 5.10 Å². The van der Waals surface area contributed by atoms with Crippen molar-refractivity contribution >= 4 is 35.1 Å². The predicted molar refractivity (Wildman–Crippen MR) is 95.3 cm³/mol. The molecular formula is C16H15ClN4O4. The lowest BCUT2D eigenvalue weighted by atomic mass is 10.2. The lowest BCUT2D eigenvalue weighted by Crippen LogP contribution is -2.26. The van der Waals surface area contributed by atoms with Crippen LogP contribution in [-0.2, 0) is 4.79 Å². The molecule has 0 aliphatic heterocycles. The van der Waals surface area contributed by atoms with Gasteiger partial charge < -0.3 is 10.1 Å². The fourth-order valence-corrected chi connectivity index (χ4v) is 2.12. The van der Waals surface area contributed by atoms with Crippen LogP contribution in [0.5, 0.6) is 5.75 Å². The summed E-state index contributed by atoms with van der Waals surface area (Å²) in [5.74, 6) is 0.234. The molecule has 130 valence electrons. The van der Waals surface area contributed by atoms with E-state index in [1.54, 1.807) is 18.2 Å². The molecule has 1 amide bonds. The van der Waals surface area contributed by atoms with Gasteiger partial charge in [-0.3, -0.25) is 14.9 Å². The molecule has 2 aromatic carbocycles. The molecule has 2 N–H and O–H groups in total. The summed E-state index contributed by atoms with van der Waals surface area (Å²) in [5.41, 5.74) is 3.22. The van der Waals surface area contributed by atoms with Crippen LogP contribution in [0.2, 0.25) is 5.02 Å². The number of amides is 1. The Morgan fingerprint density at radius 3 is 2.84 bits per heavy atom. The molecule has 0 aliphatic carbocycles. The van der Waals surface area contributed by atoms with E-state index in [0.717, 1.165) is 0 Å². The van der Waals surface area contributed by atoms with Crippen molar-refractivity contribution in [3.63, 3.8) is 0 Å². The molecule has 0 aliphatic rings. The van der Waals surface area contributed by atoms with Gasteiger partial charge in [-0.15, -0.1) is 0 Å². The number of rotatable bonds is 7. The van der Waals surface area contributed by atoms with Gasteiger partial charge in [0.1, 0.15) is 10.8 Å². The molecule has 2 rings (SSSR count). The summed E-state index contributed by atoms with van der Waals surface area (Å²) >= 11 is 5.73. The summed E-state index contributed by atoms with van der Waals surface area (Å²) in [5, 5.41) is 17.5. The van der Waals surface area contributed by atoms with Crippen LogP contribution in [0.4, 0.5) is 11.4 Å². The Morgan fingerprint density at radius 1 is 1.36 bits per heavy atom. The number of ether oxygens (including phenoxy) is 1. The smallest absolute Gasteiger partial charge is 0.288 e. The van der Waals surface area contributed by atoms with Crippen LogP contribution in [0.3, 0.4) is 0 Å². The number of methoxy groups -OCH3 is 1. The van der Waals surface area contributed by atoms with Crippen molar-refractivity contribution < 1.29 is 14.5 Å². The van der Waals surface area contributed by atoms with Gasteiger partial charge in [-0.1, -0.05) is 29.8 Å². The minimum Gasteiger partial charge on any atom is -0.495 e. The third-order valence-electron chi connectivity index (χ3n) is 3.12. The molecule has 0 saturated heterocycles. The first-order chi connectivity index (χ1) is 12.0. The third-order valence-corrected chi connectivity index (χ3v) is 3.44. The molecule has 0 radical (unpaired) electrons. The molecular weight excluding hydrogens is 348 g/mol. The second kappa shape index (κ2) is 8.65. The van der Waals surface area contributed by atoms with E-state index in [-0.39, 0.29) is 23.2 Å². The minimum absolute atomic E-state index is 0.0154. The molecule has 8 nitrogen and oxygen atoms in total. The zero-order chi connectivity index (χ0) is 18.2. The number of carbonyl (C=O) groups excluding carboxylic acids is 1. The van der Waals surface area contributed by atoms with Crippen molar-refractivity contribution in [1.82, 2.24) is 5.43 Å². The van der Waals surface area contributed by atoms with Crippen LogP contribution in [0.1, 0.15) is 5.56 Å². The highest BCUT2D eigenvalue weighted by molar-refractivity contribution is 6.32. The molecule has 0 spiro atoms. The fourth-order valence-electron chi connectivity index (χ4n) is 1.93. The first kappa shape index (κ1) is 18.2. The van der Waals surface area contributed by atoms with E-state index in [1.165, 1.54) is 25.5 Å². The fraction of sp³-hybridized carbons (Fsp3) is 0.125. The number of nitro benzene ring substituents is 1. The van der Waals surface area contributed by atoms with Crippen molar-refractivity contribution in [1.29, 1.82) is 0 Å². The molecule has 0 aromatic heterocycles. The van der Waals surface area contributed by atoms with E-state index in [1.807, 2.05) is 12.1 Å². The van der Waals surface area contributed by atoms with Gasteiger partial charge in [-0.25, -0.2) is 5.43 Å². The zero-order valence-corrected chi connectivity index (χ0v) is 14.0. The Balaban J connectivity index is 1.90. The van der Waals surface area contributed by atoms with Gasteiger partial charge in [0.05, 0.1) is 30.5 Å². The number of nitro groups is 1. The van der Waals surface area contributed by atoms with Gasteiger partial charge in [0.2, 0.25) is 0 Å². The normalized spacial score (nSPS) is 10.5. The topological polar surface area (TPSA) is 106 Å². The molecule has 0 heterocycles. The Hall–Kier alpha value is -3.13. The Labute approximate surface area is 148 Å². The SMILES string of the molecule is COc1ccccc1NCC(=O)NN=Cc1ccc(Cl)c([N+](=O)[O-])c1. The van der Waals surface area contributed by atoms with Crippen molar-refractivity contribution in [2.75, 3.05) is 19.0 Å². The Bertz CT molecular complexity index is 810. The second-order valence-corrected chi connectivity index (χ2v) is 5.22. The average Bonchev–Trinajstić information content (AvgIpc) is 2.61. The largest absolute Gasteiger partial charge is 0.495 e. The van der Waals surface area contributed by atoms with Gasteiger partial charge in [0, 0.05) is 11.6 Å². The summed E-state index contributed by atoms with van der Waals surface area (Å²) in [6, 6.07) is 11.4. The Kier molecular flexibility index (Phi) is 6.30. The summed E-state index contributed by atoms with van der Waals surface area (Å²) in [7, 11) is 1.54. The van der Waals surface area contributed by atoms with Crippen LogP contribution in [-0.4, -0.2) is 30.7 Å². The average molecular weight is 363 g/mol. The lowest BCUT2D eigenvalue weighted by Gasteiger charge is -2.09. The number of hydrogen-bond donors (Lipinski definition) is 2. The van der Waals surface area contributed by atoms with E-state index in [9.17, 15) is 14.9 Å².